The molecule has 1 fully saturated rings. The Morgan fingerprint density at radius 3 is 2.76 bits per heavy atom. The molecule has 2 aromatic rings. The van der Waals surface area contributed by atoms with Crippen molar-refractivity contribution in [3.05, 3.63) is 41.1 Å². The van der Waals surface area contributed by atoms with Crippen LogP contribution in [0, 0.1) is 0 Å². The average molecular weight is 399 g/mol. The molecule has 2 aliphatic rings. The minimum Gasteiger partial charge on any atom is -0.450 e. The lowest BCUT2D eigenvalue weighted by atomic mass is 10.1. The van der Waals surface area contributed by atoms with Crippen molar-refractivity contribution in [2.45, 2.75) is 26.4 Å². The smallest absolute Gasteiger partial charge is 0.414 e. The number of nitrogens with one attached hydrogen (secondary N) is 2. The van der Waals surface area contributed by atoms with Crippen molar-refractivity contribution in [3.63, 3.8) is 0 Å². The number of fused-ring (bicyclic) bond motifs is 1. The molecular weight excluding hydrogens is 378 g/mol. The fourth-order valence-electron chi connectivity index (χ4n) is 3.37. The summed E-state index contributed by atoms with van der Waals surface area (Å²) in [5.41, 5.74) is 3.12. The van der Waals surface area contributed by atoms with E-state index in [1.54, 1.807) is 41.0 Å². The number of carbonyl (C=O) groups is 3. The Bertz CT molecular complexity index is 939. The van der Waals surface area contributed by atoms with Gasteiger partial charge in [0.05, 0.1) is 38.4 Å². The Kier molecular flexibility index (Phi) is 5.07. The lowest BCUT2D eigenvalue weighted by Crippen LogP contribution is -2.26. The topological polar surface area (TPSA) is 117 Å². The van der Waals surface area contributed by atoms with Crippen molar-refractivity contribution in [3.8, 4) is 0 Å². The third-order valence-corrected chi connectivity index (χ3v) is 4.81. The van der Waals surface area contributed by atoms with Crippen LogP contribution in [-0.2, 0) is 33.8 Å². The number of hydrogen-bond donors (Lipinski definition) is 2. The Hall–Kier alpha value is -3.56. The molecule has 1 saturated heterocycles. The number of hydrogen-bond acceptors (Lipinski definition) is 6. The second kappa shape index (κ2) is 7.82. The van der Waals surface area contributed by atoms with Gasteiger partial charge in [0.2, 0.25) is 5.91 Å². The van der Waals surface area contributed by atoms with Crippen molar-refractivity contribution < 1.29 is 23.9 Å². The van der Waals surface area contributed by atoms with Crippen molar-refractivity contribution in [1.82, 2.24) is 15.1 Å². The normalized spacial score (nSPS) is 15.3. The van der Waals surface area contributed by atoms with Gasteiger partial charge in [-0.25, -0.2) is 9.59 Å². The summed E-state index contributed by atoms with van der Waals surface area (Å²) in [6, 6.07) is 7.19. The fourth-order valence-corrected chi connectivity index (χ4v) is 3.37. The third kappa shape index (κ3) is 3.86. The average Bonchev–Trinajstić information content (AvgIpc) is 3.40. The minimum atomic E-state index is -0.392. The van der Waals surface area contributed by atoms with Crippen molar-refractivity contribution in [2.75, 3.05) is 30.0 Å². The van der Waals surface area contributed by atoms with Gasteiger partial charge in [0.25, 0.3) is 0 Å². The first-order chi connectivity index (χ1) is 14.0. The summed E-state index contributed by atoms with van der Waals surface area (Å²) in [5, 5.41) is 9.80. The summed E-state index contributed by atoms with van der Waals surface area (Å²) >= 11 is 0. The van der Waals surface area contributed by atoms with Gasteiger partial charge < -0.3 is 14.8 Å². The van der Waals surface area contributed by atoms with E-state index in [4.69, 9.17) is 9.47 Å². The zero-order valence-corrected chi connectivity index (χ0v) is 15.9. The van der Waals surface area contributed by atoms with E-state index in [0.717, 1.165) is 22.5 Å². The van der Waals surface area contributed by atoms with Crippen LogP contribution in [0.1, 0.15) is 23.7 Å². The summed E-state index contributed by atoms with van der Waals surface area (Å²) in [5.74, 6) is 0.204. The highest BCUT2D eigenvalue weighted by Gasteiger charge is 2.29. The maximum atomic E-state index is 12.4. The number of benzene rings is 1. The number of aromatic nitrogens is 2. The largest absolute Gasteiger partial charge is 0.450 e. The molecule has 0 unspecified atom stereocenters. The Labute approximate surface area is 166 Å². The molecule has 0 atom stereocenters. The van der Waals surface area contributed by atoms with Crippen molar-refractivity contribution in [1.29, 1.82) is 0 Å². The first-order valence-electron chi connectivity index (χ1n) is 9.36. The Morgan fingerprint density at radius 1 is 1.28 bits per heavy atom. The highest BCUT2D eigenvalue weighted by Crippen LogP contribution is 2.27. The van der Waals surface area contributed by atoms with E-state index < -0.39 is 6.09 Å². The lowest BCUT2D eigenvalue weighted by molar-refractivity contribution is -0.115. The van der Waals surface area contributed by atoms with Crippen LogP contribution >= 0.6 is 0 Å². The molecule has 0 bridgehead atoms. The van der Waals surface area contributed by atoms with Crippen LogP contribution in [0.4, 0.5) is 21.1 Å². The van der Waals surface area contributed by atoms with Gasteiger partial charge in [-0.3, -0.25) is 19.7 Å². The predicted octanol–water partition coefficient (Wildman–Crippen LogP) is 2.02. The van der Waals surface area contributed by atoms with Crippen LogP contribution < -0.4 is 10.2 Å². The van der Waals surface area contributed by atoms with Crippen molar-refractivity contribution >= 4 is 29.6 Å². The summed E-state index contributed by atoms with van der Waals surface area (Å²) < 4.78 is 9.94. The first-order valence-corrected chi connectivity index (χ1v) is 9.36. The van der Waals surface area contributed by atoms with Crippen LogP contribution in [0.2, 0.25) is 0 Å². The number of ether oxygens (including phenoxy) is 2. The molecule has 4 rings (SSSR count). The maximum Gasteiger partial charge on any atom is 0.414 e. The quantitative estimate of drug-likeness (QED) is 0.794. The number of aromatic amines is 1. The lowest BCUT2D eigenvalue weighted by Gasteiger charge is -2.14. The summed E-state index contributed by atoms with van der Waals surface area (Å²) in [6.07, 6.45) is -0.593. The van der Waals surface area contributed by atoms with E-state index in [2.05, 4.69) is 15.5 Å². The second-order valence-electron chi connectivity index (χ2n) is 6.74. The van der Waals surface area contributed by atoms with Crippen LogP contribution in [-0.4, -0.2) is 52.9 Å². The van der Waals surface area contributed by atoms with E-state index in [0.29, 0.717) is 38.7 Å². The van der Waals surface area contributed by atoms with Crippen LogP contribution in [0.5, 0.6) is 0 Å². The Balaban J connectivity index is 1.36. The molecule has 2 aliphatic heterocycles. The summed E-state index contributed by atoms with van der Waals surface area (Å²) in [4.78, 5) is 39.0. The highest BCUT2D eigenvalue weighted by atomic mass is 16.6. The maximum absolute atomic E-state index is 12.4. The van der Waals surface area contributed by atoms with Gasteiger partial charge >= 0.3 is 12.2 Å². The molecule has 0 spiro atoms. The molecule has 2 N–H and O–H groups in total. The number of anilines is 2. The molecule has 1 aromatic carbocycles. The molecule has 10 heteroatoms. The van der Waals surface area contributed by atoms with E-state index in [1.165, 1.54) is 0 Å². The van der Waals surface area contributed by atoms with Gasteiger partial charge in [-0.1, -0.05) is 12.1 Å². The molecular formula is C19H21N5O5. The summed E-state index contributed by atoms with van der Waals surface area (Å²) in [7, 11) is 0. The van der Waals surface area contributed by atoms with E-state index in [9.17, 15) is 14.4 Å². The fraction of sp³-hybridized carbons (Fsp3) is 0.368. The predicted molar refractivity (Wildman–Crippen MR) is 102 cm³/mol. The third-order valence-electron chi connectivity index (χ3n) is 4.81. The highest BCUT2D eigenvalue weighted by molar-refractivity contribution is 5.93. The number of H-pyrrole nitrogens is 1. The molecule has 10 nitrogen and oxygen atoms in total. The monoisotopic (exact) mass is 399 g/mol. The SMILES string of the molecule is CCOC(=O)N1Cc2[nH]nc(NC(=O)Cc3ccc(N4CCOC4=O)cc3)c2C1. The van der Waals surface area contributed by atoms with E-state index in [-0.39, 0.29) is 18.4 Å². The van der Waals surface area contributed by atoms with Crippen LogP contribution in [0.3, 0.4) is 0 Å². The van der Waals surface area contributed by atoms with Gasteiger partial charge in [0.1, 0.15) is 6.61 Å². The van der Waals surface area contributed by atoms with Crippen LogP contribution in [0.15, 0.2) is 24.3 Å². The molecule has 3 heterocycles. The molecule has 3 amide bonds. The first kappa shape index (κ1) is 18.8. The van der Waals surface area contributed by atoms with Gasteiger partial charge in [0.15, 0.2) is 5.82 Å². The van der Waals surface area contributed by atoms with Gasteiger partial charge in [-0.2, -0.15) is 5.10 Å². The standard InChI is InChI=1S/C19H21N5O5/c1-2-28-18(26)23-10-14-15(11-23)21-22-17(14)20-16(25)9-12-3-5-13(6-4-12)24-7-8-29-19(24)27/h3-6H,2,7-11H2,1H3,(H2,20,21,22,25). The molecule has 0 aliphatic carbocycles. The molecule has 29 heavy (non-hydrogen) atoms. The van der Waals surface area contributed by atoms with E-state index in [1.807, 2.05) is 0 Å². The summed E-state index contributed by atoms with van der Waals surface area (Å²) in [6.45, 7) is 3.67. The minimum absolute atomic E-state index is 0.161. The number of rotatable bonds is 5. The zero-order chi connectivity index (χ0) is 20.4. The molecule has 0 saturated carbocycles. The zero-order valence-electron chi connectivity index (χ0n) is 15.9. The number of nitrogens with zero attached hydrogens (tertiary/aromatic N) is 3. The van der Waals surface area contributed by atoms with Crippen molar-refractivity contribution in [2.24, 2.45) is 0 Å². The van der Waals surface area contributed by atoms with Gasteiger partial charge in [-0.15, -0.1) is 0 Å². The molecule has 1 aromatic heterocycles. The molecule has 152 valence electrons. The Morgan fingerprint density at radius 2 is 2.07 bits per heavy atom. The van der Waals surface area contributed by atoms with E-state index >= 15 is 0 Å². The second-order valence-corrected chi connectivity index (χ2v) is 6.74. The van der Waals surface area contributed by atoms with Gasteiger partial charge in [-0.05, 0) is 24.6 Å². The van der Waals surface area contributed by atoms with Gasteiger partial charge in [0, 0.05) is 11.3 Å². The number of amides is 3. The number of cyclic esters (lactones) is 1. The number of carbonyl (C=O) groups excluding carboxylic acids is 3. The molecule has 0 radical (unpaired) electrons. The van der Waals surface area contributed by atoms with Crippen LogP contribution in [0.25, 0.3) is 0 Å².